The van der Waals surface area contributed by atoms with Gasteiger partial charge in [0, 0.05) is 35.0 Å². The number of carbonyl (C=O) groups excluding carboxylic acids is 4. The highest BCUT2D eigenvalue weighted by Gasteiger charge is 2.49. The van der Waals surface area contributed by atoms with Gasteiger partial charge in [0.15, 0.2) is 0 Å². The zero-order chi connectivity index (χ0) is 49.9. The maximum absolute atomic E-state index is 13.7. The number of hydrogen-bond acceptors (Lipinski definition) is 6. The van der Waals surface area contributed by atoms with Gasteiger partial charge in [0.1, 0.15) is 35.6 Å². The molecule has 4 aliphatic rings. The molecule has 2 aliphatic carbocycles. The fraction of sp³-hybridized carbons (Fsp3) is 0.222. The lowest BCUT2D eigenvalue weighted by molar-refractivity contribution is -0.124. The molecule has 8 atom stereocenters. The van der Waals surface area contributed by atoms with E-state index < -0.39 is 71.8 Å². The van der Waals surface area contributed by atoms with Crippen molar-refractivity contribution in [1.29, 1.82) is 0 Å². The minimum absolute atomic E-state index is 0.0321. The minimum atomic E-state index is -1.15. The molecule has 2 aliphatic heterocycles. The van der Waals surface area contributed by atoms with Gasteiger partial charge >= 0.3 is 0 Å². The Morgan fingerprint density at radius 3 is 1.12 bits per heavy atom. The Labute approximate surface area is 406 Å². The number of rotatable bonds is 10. The zero-order valence-corrected chi connectivity index (χ0v) is 37.9. The summed E-state index contributed by atoms with van der Waals surface area (Å²) in [7, 11) is 0. The summed E-state index contributed by atoms with van der Waals surface area (Å²) < 4.78 is 84.3. The first kappa shape index (κ1) is 46.1. The number of alkyl halides is 2. The van der Waals surface area contributed by atoms with E-state index in [1.165, 1.54) is 48.5 Å². The molecule has 12 nitrogen and oxygen atoms in total. The Morgan fingerprint density at radius 1 is 0.472 bits per heavy atom. The molecule has 8 aromatic rings. The van der Waals surface area contributed by atoms with Crippen molar-refractivity contribution in [3.8, 4) is 11.4 Å². The third-order valence-corrected chi connectivity index (χ3v) is 13.6. The van der Waals surface area contributed by atoms with Crippen molar-refractivity contribution in [2.45, 2.75) is 62.2 Å². The summed E-state index contributed by atoms with van der Waals surface area (Å²) in [5.41, 5.74) is 5.40. The maximum Gasteiger partial charge on any atom is 0.229 e. The van der Waals surface area contributed by atoms with Gasteiger partial charge < -0.3 is 20.4 Å². The summed E-state index contributed by atoms with van der Waals surface area (Å²) in [6.07, 6.45) is 1.45. The molecule has 0 spiro atoms. The molecule has 2 saturated carbocycles. The van der Waals surface area contributed by atoms with E-state index in [1.54, 1.807) is 92.2 Å². The van der Waals surface area contributed by atoms with Crippen LogP contribution in [0.3, 0.4) is 0 Å². The molecular weight excluding hydrogens is 939 g/mol. The van der Waals surface area contributed by atoms with E-state index >= 15 is 0 Å². The van der Waals surface area contributed by atoms with Gasteiger partial charge in [0.25, 0.3) is 0 Å². The lowest BCUT2D eigenvalue weighted by Gasteiger charge is -2.29. The van der Waals surface area contributed by atoms with E-state index in [2.05, 4.69) is 20.8 Å². The van der Waals surface area contributed by atoms with Crippen LogP contribution in [0.1, 0.15) is 48.9 Å². The van der Waals surface area contributed by atoms with Crippen molar-refractivity contribution in [3.63, 3.8) is 0 Å². The van der Waals surface area contributed by atoms with E-state index in [4.69, 9.17) is 0 Å². The van der Waals surface area contributed by atoms with Crippen LogP contribution >= 0.6 is 0 Å². The number of anilines is 2. The number of carbonyl (C=O) groups is 4. The number of benzene rings is 6. The van der Waals surface area contributed by atoms with E-state index in [0.29, 0.717) is 33.9 Å². The van der Waals surface area contributed by atoms with Gasteiger partial charge in [-0.1, -0.05) is 24.3 Å². The highest BCUT2D eigenvalue weighted by molar-refractivity contribution is 6.01. The minimum Gasteiger partial charge on any atom is -0.350 e. The molecule has 6 aromatic carbocycles. The number of hydrogen-bond donors (Lipinski definition) is 2. The first-order valence-electron chi connectivity index (χ1n) is 23.3. The van der Waals surface area contributed by atoms with Crippen molar-refractivity contribution in [3.05, 3.63) is 180 Å². The first-order valence-corrected chi connectivity index (χ1v) is 23.3. The molecule has 12 rings (SSSR count). The Bertz CT molecular complexity index is 3160. The predicted octanol–water partition coefficient (Wildman–Crippen LogP) is 9.25. The third kappa shape index (κ3) is 8.92. The normalized spacial score (nSPS) is 23.3. The fourth-order valence-electron chi connectivity index (χ4n) is 9.78. The van der Waals surface area contributed by atoms with Crippen LogP contribution in [-0.4, -0.2) is 67.6 Å². The second-order valence-electron chi connectivity index (χ2n) is 18.4. The van der Waals surface area contributed by atoms with Gasteiger partial charge in [0.2, 0.25) is 23.6 Å². The monoisotopic (exact) mass is 980 g/mol. The summed E-state index contributed by atoms with van der Waals surface area (Å²) >= 11 is 0. The molecule has 2 N–H and O–H groups in total. The smallest absolute Gasteiger partial charge is 0.229 e. The van der Waals surface area contributed by atoms with Crippen molar-refractivity contribution >= 4 is 56.8 Å². The number of nitrogens with zero attached hydrogens (tertiary/aromatic N) is 6. The SMILES string of the molecule is O=C(N[C@@H]1CC(=O)N(c2ccc3c(cnn3-c3ccc(F)cc3)c2)[C@H]1c1ccc(F)cc1)[C@@H]1C[C@@H]1F.O=C(N[C@H]1CC(=O)N(c2ccc3c(cnn3-c3ccc(F)cc3)c2)[C@@H]1c1ccc(F)cc1)[C@@H]1C[C@@H]1F. The van der Waals surface area contributed by atoms with Crippen molar-refractivity contribution < 1.29 is 45.5 Å². The lowest BCUT2D eigenvalue weighted by Crippen LogP contribution is -2.41. The van der Waals surface area contributed by atoms with Crippen LogP contribution in [0.4, 0.5) is 37.7 Å². The van der Waals surface area contributed by atoms with Gasteiger partial charge in [-0.05, 0) is 133 Å². The third-order valence-electron chi connectivity index (χ3n) is 13.6. The summed E-state index contributed by atoms with van der Waals surface area (Å²) in [4.78, 5) is 54.7. The molecule has 0 unspecified atom stereocenters. The Morgan fingerprint density at radius 2 is 0.792 bits per heavy atom. The Hall–Kier alpha value is -8.28. The van der Waals surface area contributed by atoms with Gasteiger partial charge in [-0.15, -0.1) is 0 Å². The fourth-order valence-corrected chi connectivity index (χ4v) is 9.78. The van der Waals surface area contributed by atoms with E-state index in [1.807, 2.05) is 24.3 Å². The lowest BCUT2D eigenvalue weighted by atomic mass is 9.99. The second-order valence-corrected chi connectivity index (χ2v) is 18.4. The summed E-state index contributed by atoms with van der Waals surface area (Å²) in [5, 5.41) is 16.0. The van der Waals surface area contributed by atoms with Crippen LogP contribution in [0.5, 0.6) is 0 Å². The number of fused-ring (bicyclic) bond motifs is 2. The molecule has 0 radical (unpaired) electrons. The number of amides is 4. The highest BCUT2D eigenvalue weighted by Crippen LogP contribution is 2.42. The Kier molecular flexibility index (Phi) is 11.8. The van der Waals surface area contributed by atoms with Gasteiger partial charge in [-0.25, -0.2) is 35.7 Å². The summed E-state index contributed by atoms with van der Waals surface area (Å²) in [6, 6.07) is 32.0. The average molecular weight is 981 g/mol. The van der Waals surface area contributed by atoms with E-state index in [-0.39, 0.29) is 49.1 Å². The summed E-state index contributed by atoms with van der Waals surface area (Å²) in [5.74, 6) is -4.14. The molecule has 2 aromatic heterocycles. The van der Waals surface area contributed by atoms with Gasteiger partial charge in [-0.3, -0.25) is 19.2 Å². The van der Waals surface area contributed by atoms with Crippen LogP contribution in [0.25, 0.3) is 33.2 Å². The van der Waals surface area contributed by atoms with Crippen molar-refractivity contribution in [2.24, 2.45) is 11.8 Å². The number of halogens is 6. The molecule has 72 heavy (non-hydrogen) atoms. The molecule has 4 fully saturated rings. The standard InChI is InChI=1S/2C27H21F3N4O2/c2*28-17-3-1-15(2-4-17)26-23(32-27(36)21-12-22(21)30)13-25(35)33(26)20-9-10-24-16(11-20)14-31-34(24)19-7-5-18(29)6-8-19/h2*1-11,14,21-23,26H,12-13H2,(H,32,36)/t21-,22+,23+,26-;21-,22+,23-,26+/m11/s1. The Balaban J connectivity index is 0.000000156. The number of nitrogens with one attached hydrogen (secondary N) is 2. The topological polar surface area (TPSA) is 134 Å². The van der Waals surface area contributed by atoms with Gasteiger partial charge in [-0.2, -0.15) is 10.2 Å². The maximum atomic E-state index is 13.7. The molecule has 364 valence electrons. The zero-order valence-electron chi connectivity index (χ0n) is 37.9. The van der Waals surface area contributed by atoms with E-state index in [9.17, 15) is 45.5 Å². The van der Waals surface area contributed by atoms with Crippen LogP contribution in [-0.2, 0) is 19.2 Å². The van der Waals surface area contributed by atoms with Crippen LogP contribution in [0.15, 0.2) is 146 Å². The molecular formula is C54H42F6N8O4. The molecule has 4 amide bonds. The second kappa shape index (κ2) is 18.5. The first-order chi connectivity index (χ1) is 34.8. The quantitative estimate of drug-likeness (QED) is 0.131. The summed E-state index contributed by atoms with van der Waals surface area (Å²) in [6.45, 7) is 0. The highest BCUT2D eigenvalue weighted by atomic mass is 19.2. The van der Waals surface area contributed by atoms with Crippen LogP contribution in [0, 0.1) is 35.1 Å². The van der Waals surface area contributed by atoms with Crippen LogP contribution < -0.4 is 20.4 Å². The molecule has 18 heteroatoms. The molecule has 2 saturated heterocycles. The van der Waals surface area contributed by atoms with Crippen molar-refractivity contribution in [2.75, 3.05) is 9.80 Å². The predicted molar refractivity (Wildman–Crippen MR) is 254 cm³/mol. The number of aromatic nitrogens is 4. The average Bonchev–Trinajstić information content (AvgIpc) is 4.03. The largest absolute Gasteiger partial charge is 0.350 e. The van der Waals surface area contributed by atoms with Crippen LogP contribution in [0.2, 0.25) is 0 Å². The van der Waals surface area contributed by atoms with Gasteiger partial charge in [0.05, 0.1) is 70.8 Å². The van der Waals surface area contributed by atoms with Crippen molar-refractivity contribution in [1.82, 2.24) is 30.2 Å². The molecule has 0 bridgehead atoms. The van der Waals surface area contributed by atoms with E-state index in [0.717, 1.165) is 21.8 Å². The molecule has 4 heterocycles.